The van der Waals surface area contributed by atoms with Crippen LogP contribution in [0.15, 0.2) is 71.7 Å². The summed E-state index contributed by atoms with van der Waals surface area (Å²) in [5, 5.41) is 21.1. The molecule has 0 aliphatic carbocycles. The number of ether oxygens (including phenoxy) is 3. The van der Waals surface area contributed by atoms with Crippen LogP contribution in [0.5, 0.6) is 11.5 Å². The number of esters is 1. The first-order valence-corrected chi connectivity index (χ1v) is 12.0. The second-order valence-electron chi connectivity index (χ2n) is 8.85. The second-order valence-corrected chi connectivity index (χ2v) is 8.85. The van der Waals surface area contributed by atoms with Gasteiger partial charge in [-0.25, -0.2) is 9.79 Å². The lowest BCUT2D eigenvalue weighted by Gasteiger charge is -2.31. The highest BCUT2D eigenvalue weighted by atomic mass is 16.7. The van der Waals surface area contributed by atoms with E-state index in [1.165, 1.54) is 0 Å². The Morgan fingerprint density at radius 3 is 2.53 bits per heavy atom. The summed E-state index contributed by atoms with van der Waals surface area (Å²) in [5.74, 6) is -0.109. The van der Waals surface area contributed by atoms with Crippen molar-refractivity contribution in [2.24, 2.45) is 10.9 Å². The molecule has 2 aliphatic rings. The number of urea groups is 1. The highest BCUT2D eigenvalue weighted by Crippen LogP contribution is 2.34. The minimum Gasteiger partial charge on any atom is -0.460 e. The zero-order valence-electron chi connectivity index (χ0n) is 20.2. The molecule has 0 radical (unpaired) electrons. The summed E-state index contributed by atoms with van der Waals surface area (Å²) in [7, 11) is 0. The Morgan fingerprint density at radius 1 is 0.947 bits per heavy atom. The third-order valence-electron chi connectivity index (χ3n) is 6.41. The monoisotopic (exact) mass is 506 g/mol. The van der Waals surface area contributed by atoms with E-state index in [1.54, 1.807) is 48.5 Å². The highest BCUT2D eigenvalue weighted by Gasteiger charge is 2.39. The average Bonchev–Trinajstić information content (AvgIpc) is 3.42. The number of amides is 2. The van der Waals surface area contributed by atoms with Crippen molar-refractivity contribution in [2.75, 3.05) is 6.79 Å². The molecule has 2 heterocycles. The zero-order valence-corrected chi connectivity index (χ0v) is 20.2. The second kappa shape index (κ2) is 10.9. The van der Waals surface area contributed by atoms with Gasteiger partial charge in [0.1, 0.15) is 12.5 Å². The average molecular weight is 507 g/mol. The Balaban J connectivity index is 1.40. The van der Waals surface area contributed by atoms with Gasteiger partial charge in [-0.15, -0.1) is 0 Å². The Labute approximate surface area is 218 Å². The van der Waals surface area contributed by atoms with Crippen molar-refractivity contribution >= 4 is 17.7 Å². The topological polar surface area (TPSA) is 134 Å². The van der Waals surface area contributed by atoms with Crippen LogP contribution < -0.4 is 14.8 Å². The van der Waals surface area contributed by atoms with Crippen LogP contribution in [0.4, 0.5) is 4.79 Å². The molecule has 38 heavy (non-hydrogen) atoms. The first-order valence-electron chi connectivity index (χ1n) is 12.0. The van der Waals surface area contributed by atoms with Gasteiger partial charge >= 0.3 is 12.0 Å². The van der Waals surface area contributed by atoms with Gasteiger partial charge in [-0.3, -0.25) is 4.79 Å². The molecule has 0 bridgehead atoms. The number of rotatable bonds is 7. The number of aliphatic imine (C=N–C) groups is 1. The van der Waals surface area contributed by atoms with Crippen LogP contribution in [-0.2, 0) is 22.6 Å². The maximum atomic E-state index is 13.5. The lowest BCUT2D eigenvalue weighted by Crippen LogP contribution is -2.45. The van der Waals surface area contributed by atoms with Crippen LogP contribution in [0.2, 0.25) is 0 Å². The van der Waals surface area contributed by atoms with E-state index in [2.05, 4.69) is 22.4 Å². The molecule has 0 fully saturated rings. The summed E-state index contributed by atoms with van der Waals surface area (Å²) in [4.78, 5) is 30.3. The Kier molecular flexibility index (Phi) is 7.01. The number of nitrogens with one attached hydrogen (secondary N) is 1. The molecule has 1 N–H and O–H groups in total. The molecule has 0 saturated carbocycles. The number of carbonyl (C=O) groups is 2. The maximum absolute atomic E-state index is 13.5. The zero-order chi connectivity index (χ0) is 26.5. The number of aryl methyl sites for hydroxylation is 1. The lowest BCUT2D eigenvalue weighted by atomic mass is 9.85. The fourth-order valence-corrected chi connectivity index (χ4v) is 4.51. The fourth-order valence-electron chi connectivity index (χ4n) is 4.51. The van der Waals surface area contributed by atoms with Crippen LogP contribution in [0.3, 0.4) is 0 Å². The van der Waals surface area contributed by atoms with E-state index in [9.17, 15) is 9.59 Å². The Morgan fingerprint density at radius 2 is 1.74 bits per heavy atom. The molecule has 3 aromatic rings. The molecular formula is C29H22N4O5. The molecule has 0 aromatic heterocycles. The van der Waals surface area contributed by atoms with E-state index in [1.807, 2.05) is 18.2 Å². The summed E-state index contributed by atoms with van der Waals surface area (Å²) >= 11 is 0. The Bertz CT molecular complexity index is 1500. The van der Waals surface area contributed by atoms with E-state index in [0.29, 0.717) is 52.3 Å². The predicted molar refractivity (Wildman–Crippen MR) is 135 cm³/mol. The number of carbonyl (C=O) groups excluding carboxylic acids is 2. The molecule has 188 valence electrons. The van der Waals surface area contributed by atoms with Crippen molar-refractivity contribution < 1.29 is 23.8 Å². The van der Waals surface area contributed by atoms with Crippen molar-refractivity contribution in [1.29, 1.82) is 10.5 Å². The fraction of sp³-hybridized carbons (Fsp3) is 0.207. The molecule has 3 aromatic carbocycles. The summed E-state index contributed by atoms with van der Waals surface area (Å²) in [6, 6.07) is 22.0. The lowest BCUT2D eigenvalue weighted by molar-refractivity contribution is -0.148. The van der Waals surface area contributed by atoms with Gasteiger partial charge in [-0.2, -0.15) is 10.5 Å². The van der Waals surface area contributed by atoms with Crippen LogP contribution in [-0.4, -0.2) is 24.5 Å². The maximum Gasteiger partial charge on any atom is 0.341 e. The molecule has 0 spiro atoms. The number of nitrogens with zero attached hydrogens (tertiary/aromatic N) is 3. The molecule has 2 atom stereocenters. The van der Waals surface area contributed by atoms with Gasteiger partial charge in [0.2, 0.25) is 6.79 Å². The Hall–Kier alpha value is -5.15. The normalized spacial score (nSPS) is 17.5. The minimum absolute atomic E-state index is 0.0334. The van der Waals surface area contributed by atoms with E-state index >= 15 is 0 Å². The smallest absolute Gasteiger partial charge is 0.341 e. The van der Waals surface area contributed by atoms with Crippen molar-refractivity contribution in [3.8, 4) is 23.6 Å². The summed E-state index contributed by atoms with van der Waals surface area (Å²) in [6.45, 7) is 0.136. The van der Waals surface area contributed by atoms with Crippen molar-refractivity contribution in [2.45, 2.75) is 25.5 Å². The van der Waals surface area contributed by atoms with Gasteiger partial charge in [0, 0.05) is 5.71 Å². The van der Waals surface area contributed by atoms with Gasteiger partial charge in [0.05, 0.1) is 29.3 Å². The van der Waals surface area contributed by atoms with Gasteiger partial charge in [0.25, 0.3) is 0 Å². The van der Waals surface area contributed by atoms with Crippen LogP contribution in [0, 0.1) is 28.6 Å². The predicted octanol–water partition coefficient (Wildman–Crippen LogP) is 4.36. The van der Waals surface area contributed by atoms with Gasteiger partial charge in [-0.1, -0.05) is 30.3 Å². The SMILES string of the molecule is N#Cc1ccc(C2NC(=O)N=C(CCc3ccc4c(c3)OCO4)C2C(=O)OCc2cccc(C#N)c2)cc1. The van der Waals surface area contributed by atoms with E-state index in [4.69, 9.17) is 24.7 Å². The van der Waals surface area contributed by atoms with E-state index in [0.717, 1.165) is 5.56 Å². The minimum atomic E-state index is -0.881. The molecule has 0 saturated heterocycles. The van der Waals surface area contributed by atoms with Crippen LogP contribution in [0.1, 0.15) is 40.3 Å². The molecular weight excluding hydrogens is 484 g/mol. The quantitative estimate of drug-likeness (QED) is 0.471. The third kappa shape index (κ3) is 5.32. The molecule has 2 aliphatic heterocycles. The molecule has 2 unspecified atom stereocenters. The van der Waals surface area contributed by atoms with Crippen molar-refractivity contribution in [3.63, 3.8) is 0 Å². The van der Waals surface area contributed by atoms with Gasteiger partial charge in [0.15, 0.2) is 11.5 Å². The number of hydrogen-bond acceptors (Lipinski definition) is 7. The molecule has 5 rings (SSSR count). The highest BCUT2D eigenvalue weighted by molar-refractivity contribution is 6.09. The van der Waals surface area contributed by atoms with Crippen molar-refractivity contribution in [3.05, 3.63) is 94.5 Å². The summed E-state index contributed by atoms with van der Waals surface area (Å²) in [5.41, 5.74) is 3.59. The van der Waals surface area contributed by atoms with Crippen LogP contribution in [0.25, 0.3) is 0 Å². The molecule has 9 nitrogen and oxygen atoms in total. The standard InChI is InChI=1S/C29H22N4O5/c30-14-19-4-8-22(9-5-19)27-26(28(34)36-16-21-3-1-2-20(12-21)15-31)23(32-29(35)33-27)10-6-18-7-11-24-25(13-18)38-17-37-24/h1-5,7-9,11-13,26-27H,6,10,16-17H2,(H,33,35). The van der Waals surface area contributed by atoms with Crippen molar-refractivity contribution in [1.82, 2.24) is 5.32 Å². The summed E-state index contributed by atoms with van der Waals surface area (Å²) < 4.78 is 16.5. The number of nitriles is 2. The number of benzene rings is 3. The molecule has 2 amide bonds. The van der Waals surface area contributed by atoms with Gasteiger partial charge < -0.3 is 19.5 Å². The van der Waals surface area contributed by atoms with E-state index < -0.39 is 24.0 Å². The first kappa shape index (κ1) is 24.5. The van der Waals surface area contributed by atoms with E-state index in [-0.39, 0.29) is 13.4 Å². The number of fused-ring (bicyclic) bond motifs is 1. The van der Waals surface area contributed by atoms with Crippen LogP contribution >= 0.6 is 0 Å². The summed E-state index contributed by atoms with van der Waals surface area (Å²) in [6.07, 6.45) is 0.848. The number of hydrogen-bond donors (Lipinski definition) is 1. The third-order valence-corrected chi connectivity index (χ3v) is 6.41. The van der Waals surface area contributed by atoms with Gasteiger partial charge in [-0.05, 0) is 65.9 Å². The first-order chi connectivity index (χ1) is 18.5. The molecule has 9 heteroatoms. The largest absolute Gasteiger partial charge is 0.460 e.